The van der Waals surface area contributed by atoms with Crippen LogP contribution >= 0.6 is 0 Å². The lowest BCUT2D eigenvalue weighted by Crippen LogP contribution is -2.41. The van der Waals surface area contributed by atoms with E-state index in [9.17, 15) is 9.59 Å². The van der Waals surface area contributed by atoms with E-state index in [1.165, 1.54) is 4.90 Å². The highest BCUT2D eigenvalue weighted by atomic mass is 16.7. The van der Waals surface area contributed by atoms with Crippen LogP contribution in [0.3, 0.4) is 0 Å². The van der Waals surface area contributed by atoms with E-state index in [2.05, 4.69) is 6.58 Å². The Labute approximate surface area is 136 Å². The third-order valence-corrected chi connectivity index (χ3v) is 4.95. The standard InChI is InChI=1S/C17H20BNO4/c1-6-14(20)19-10-12-11(15(19)21)8-7-9-13(12)18-22-16(2,3)17(4,5)23-18/h6-9H,1,10H2,2-5H3. The van der Waals surface area contributed by atoms with Gasteiger partial charge in [-0.3, -0.25) is 14.5 Å². The van der Waals surface area contributed by atoms with Crippen LogP contribution in [-0.2, 0) is 20.6 Å². The lowest BCUT2D eigenvalue weighted by atomic mass is 9.75. The second-order valence-corrected chi connectivity index (χ2v) is 6.90. The average molecular weight is 313 g/mol. The van der Waals surface area contributed by atoms with Crippen LogP contribution in [0.2, 0.25) is 0 Å². The Kier molecular flexibility index (Phi) is 3.50. The fourth-order valence-corrected chi connectivity index (χ4v) is 2.84. The van der Waals surface area contributed by atoms with Crippen molar-refractivity contribution in [2.45, 2.75) is 45.4 Å². The molecule has 1 saturated heterocycles. The van der Waals surface area contributed by atoms with Crippen LogP contribution in [0.5, 0.6) is 0 Å². The van der Waals surface area contributed by atoms with Crippen molar-refractivity contribution in [1.82, 2.24) is 4.90 Å². The molecule has 2 heterocycles. The van der Waals surface area contributed by atoms with Crippen LogP contribution in [0.25, 0.3) is 0 Å². The number of carbonyl (C=O) groups excluding carboxylic acids is 2. The van der Waals surface area contributed by atoms with E-state index in [1.54, 1.807) is 12.1 Å². The monoisotopic (exact) mass is 313 g/mol. The number of fused-ring (bicyclic) bond motifs is 1. The molecule has 2 amide bonds. The Morgan fingerprint density at radius 3 is 2.43 bits per heavy atom. The molecule has 6 heteroatoms. The van der Waals surface area contributed by atoms with E-state index in [4.69, 9.17) is 9.31 Å². The van der Waals surface area contributed by atoms with Gasteiger partial charge in [0.1, 0.15) is 0 Å². The molecule has 23 heavy (non-hydrogen) atoms. The topological polar surface area (TPSA) is 55.8 Å². The minimum atomic E-state index is -0.554. The molecule has 5 nitrogen and oxygen atoms in total. The zero-order valence-electron chi connectivity index (χ0n) is 13.9. The zero-order chi connectivity index (χ0) is 17.0. The molecule has 2 aliphatic heterocycles. The molecule has 2 aliphatic rings. The van der Waals surface area contributed by atoms with Crippen LogP contribution in [0.4, 0.5) is 0 Å². The van der Waals surface area contributed by atoms with Gasteiger partial charge in [-0.15, -0.1) is 0 Å². The number of carbonyl (C=O) groups is 2. The smallest absolute Gasteiger partial charge is 0.399 e. The van der Waals surface area contributed by atoms with Crippen molar-refractivity contribution in [1.29, 1.82) is 0 Å². The van der Waals surface area contributed by atoms with Gasteiger partial charge in [0.25, 0.3) is 11.8 Å². The first-order chi connectivity index (χ1) is 10.7. The molecule has 0 saturated carbocycles. The summed E-state index contributed by atoms with van der Waals surface area (Å²) >= 11 is 0. The summed E-state index contributed by atoms with van der Waals surface area (Å²) in [5.41, 5.74) is 1.19. The number of nitrogens with zero attached hydrogens (tertiary/aromatic N) is 1. The van der Waals surface area contributed by atoms with Gasteiger partial charge in [-0.1, -0.05) is 18.7 Å². The number of hydrogen-bond donors (Lipinski definition) is 0. The molecule has 0 unspecified atom stereocenters. The summed E-state index contributed by atoms with van der Waals surface area (Å²) in [6.07, 6.45) is 1.15. The molecule has 0 bridgehead atoms. The second kappa shape index (κ2) is 5.04. The lowest BCUT2D eigenvalue weighted by Gasteiger charge is -2.32. The zero-order valence-corrected chi connectivity index (χ0v) is 13.9. The van der Waals surface area contributed by atoms with Crippen LogP contribution in [0.1, 0.15) is 43.6 Å². The maximum atomic E-state index is 12.4. The maximum absolute atomic E-state index is 12.4. The first-order valence-electron chi connectivity index (χ1n) is 7.63. The van der Waals surface area contributed by atoms with E-state index < -0.39 is 24.2 Å². The molecule has 1 aromatic carbocycles. The predicted octanol–water partition coefficient (Wildman–Crippen LogP) is 1.65. The number of benzene rings is 1. The normalized spacial score (nSPS) is 21.5. The van der Waals surface area contributed by atoms with Crippen molar-refractivity contribution in [3.8, 4) is 0 Å². The number of amides is 2. The minimum Gasteiger partial charge on any atom is -0.399 e. The molecule has 0 N–H and O–H groups in total. The van der Waals surface area contributed by atoms with Crippen molar-refractivity contribution in [2.24, 2.45) is 0 Å². The Morgan fingerprint density at radius 2 is 1.87 bits per heavy atom. The summed E-state index contributed by atoms with van der Waals surface area (Å²) in [4.78, 5) is 25.4. The Hall–Kier alpha value is -1.92. The van der Waals surface area contributed by atoms with Gasteiger partial charge >= 0.3 is 7.12 Å². The van der Waals surface area contributed by atoms with Crippen molar-refractivity contribution in [3.05, 3.63) is 42.0 Å². The Morgan fingerprint density at radius 1 is 1.26 bits per heavy atom. The average Bonchev–Trinajstić information content (AvgIpc) is 2.92. The molecule has 3 rings (SSSR count). The largest absolute Gasteiger partial charge is 0.495 e. The van der Waals surface area contributed by atoms with Crippen molar-refractivity contribution >= 4 is 24.4 Å². The third-order valence-electron chi connectivity index (χ3n) is 4.95. The lowest BCUT2D eigenvalue weighted by molar-refractivity contribution is -0.123. The SMILES string of the molecule is C=CC(=O)N1Cc2c(B3OC(C)(C)C(C)(C)O3)cccc2C1=O. The highest BCUT2D eigenvalue weighted by Gasteiger charge is 2.53. The highest BCUT2D eigenvalue weighted by molar-refractivity contribution is 6.63. The summed E-state index contributed by atoms with van der Waals surface area (Å²) in [5, 5.41) is 0. The van der Waals surface area contributed by atoms with E-state index in [1.807, 2.05) is 33.8 Å². The van der Waals surface area contributed by atoms with E-state index in [0.29, 0.717) is 5.56 Å². The van der Waals surface area contributed by atoms with Gasteiger partial charge in [-0.2, -0.15) is 0 Å². The molecule has 1 aromatic rings. The molecule has 0 atom stereocenters. The molecule has 0 aliphatic carbocycles. The summed E-state index contributed by atoms with van der Waals surface area (Å²) in [6, 6.07) is 5.40. The van der Waals surface area contributed by atoms with Crippen molar-refractivity contribution in [2.75, 3.05) is 0 Å². The highest BCUT2D eigenvalue weighted by Crippen LogP contribution is 2.37. The van der Waals surface area contributed by atoms with E-state index in [-0.39, 0.29) is 12.5 Å². The molecule has 1 fully saturated rings. The molecule has 0 aromatic heterocycles. The van der Waals surface area contributed by atoms with E-state index >= 15 is 0 Å². The first kappa shape index (κ1) is 16.0. The van der Waals surface area contributed by atoms with E-state index in [0.717, 1.165) is 17.1 Å². The number of imide groups is 1. The second-order valence-electron chi connectivity index (χ2n) is 6.90. The molecular weight excluding hydrogens is 293 g/mol. The van der Waals surface area contributed by atoms with Gasteiger partial charge in [0, 0.05) is 5.56 Å². The summed E-state index contributed by atoms with van der Waals surface area (Å²) < 4.78 is 12.2. The van der Waals surface area contributed by atoms with Crippen LogP contribution < -0.4 is 5.46 Å². The van der Waals surface area contributed by atoms with Crippen LogP contribution in [-0.4, -0.2) is 35.0 Å². The van der Waals surface area contributed by atoms with Gasteiger partial charge in [-0.25, -0.2) is 0 Å². The summed E-state index contributed by atoms with van der Waals surface area (Å²) in [5.74, 6) is -0.700. The molecule has 120 valence electrons. The van der Waals surface area contributed by atoms with Gasteiger partial charge < -0.3 is 9.31 Å². The number of hydrogen-bond acceptors (Lipinski definition) is 4. The molecule has 0 radical (unpaired) electrons. The van der Waals surface area contributed by atoms with Gasteiger partial charge in [0.05, 0.1) is 17.7 Å². The summed E-state index contributed by atoms with van der Waals surface area (Å²) in [6.45, 7) is 11.6. The van der Waals surface area contributed by atoms with Crippen LogP contribution in [0.15, 0.2) is 30.9 Å². The Bertz CT molecular complexity index is 695. The minimum absolute atomic E-state index is 0.221. The predicted molar refractivity (Wildman–Crippen MR) is 87.2 cm³/mol. The number of rotatable bonds is 2. The summed E-state index contributed by atoms with van der Waals surface area (Å²) in [7, 11) is -0.554. The van der Waals surface area contributed by atoms with Gasteiger partial charge in [0.2, 0.25) is 0 Å². The molecular formula is C17H20BNO4. The first-order valence-corrected chi connectivity index (χ1v) is 7.63. The Balaban J connectivity index is 1.99. The fraction of sp³-hybridized carbons (Fsp3) is 0.412. The van der Waals surface area contributed by atoms with Crippen molar-refractivity contribution in [3.63, 3.8) is 0 Å². The van der Waals surface area contributed by atoms with Crippen LogP contribution in [0, 0.1) is 0 Å². The maximum Gasteiger partial charge on any atom is 0.495 e. The molecule has 0 spiro atoms. The fourth-order valence-electron chi connectivity index (χ4n) is 2.84. The van der Waals surface area contributed by atoms with Crippen molar-refractivity contribution < 1.29 is 18.9 Å². The van der Waals surface area contributed by atoms with Gasteiger partial charge in [-0.05, 0) is 50.9 Å². The van der Waals surface area contributed by atoms with Gasteiger partial charge in [0.15, 0.2) is 0 Å². The quantitative estimate of drug-likeness (QED) is 0.615. The third kappa shape index (κ3) is 2.33.